The smallest absolute Gasteiger partial charge is 0.0849 e. The van der Waals surface area contributed by atoms with Crippen LogP contribution in [0.15, 0.2) is 0 Å². The topological polar surface area (TPSA) is 49.5 Å². The highest BCUT2D eigenvalue weighted by atomic mass is 16.3. The highest BCUT2D eigenvalue weighted by Gasteiger charge is 2.51. The minimum absolute atomic E-state index is 0.422. The molecule has 2 unspecified atom stereocenters. The van der Waals surface area contributed by atoms with E-state index < -0.39 is 5.60 Å². The van der Waals surface area contributed by atoms with Gasteiger partial charge in [0.1, 0.15) is 0 Å². The first-order chi connectivity index (χ1) is 5.66. The summed E-state index contributed by atoms with van der Waals surface area (Å²) in [7, 11) is 2.13. The van der Waals surface area contributed by atoms with Crippen LogP contribution in [-0.4, -0.2) is 42.3 Å². The van der Waals surface area contributed by atoms with Crippen LogP contribution in [0.3, 0.4) is 0 Å². The lowest BCUT2D eigenvalue weighted by atomic mass is 9.80. The van der Waals surface area contributed by atoms with Gasteiger partial charge in [-0.05, 0) is 19.9 Å². The molecule has 0 aromatic heterocycles. The molecule has 1 saturated carbocycles. The Balaban J connectivity index is 2.19. The molecule has 1 saturated heterocycles. The van der Waals surface area contributed by atoms with Crippen molar-refractivity contribution in [2.24, 2.45) is 17.6 Å². The summed E-state index contributed by atoms with van der Waals surface area (Å²) < 4.78 is 0. The molecule has 2 atom stereocenters. The van der Waals surface area contributed by atoms with Gasteiger partial charge in [-0.2, -0.15) is 0 Å². The van der Waals surface area contributed by atoms with Gasteiger partial charge in [0.2, 0.25) is 0 Å². The summed E-state index contributed by atoms with van der Waals surface area (Å²) in [5, 5.41) is 10.2. The second-order valence-corrected chi connectivity index (χ2v) is 4.39. The van der Waals surface area contributed by atoms with E-state index in [-0.39, 0.29) is 0 Å². The fourth-order valence-electron chi connectivity index (χ4n) is 2.89. The van der Waals surface area contributed by atoms with E-state index in [0.717, 1.165) is 25.9 Å². The van der Waals surface area contributed by atoms with Gasteiger partial charge in [0.25, 0.3) is 0 Å². The number of hydrogen-bond donors (Lipinski definition) is 2. The maximum Gasteiger partial charge on any atom is 0.0849 e. The van der Waals surface area contributed by atoms with Crippen molar-refractivity contribution in [1.82, 2.24) is 4.90 Å². The van der Waals surface area contributed by atoms with E-state index in [4.69, 9.17) is 5.73 Å². The number of nitrogens with two attached hydrogens (primary N) is 1. The third-order valence-corrected chi connectivity index (χ3v) is 3.67. The van der Waals surface area contributed by atoms with Gasteiger partial charge >= 0.3 is 0 Å². The molecule has 2 rings (SSSR count). The summed E-state index contributed by atoms with van der Waals surface area (Å²) in [5.74, 6) is 0.845. The number of hydrogen-bond acceptors (Lipinski definition) is 3. The quantitative estimate of drug-likeness (QED) is 0.565. The summed E-state index contributed by atoms with van der Waals surface area (Å²) in [4.78, 5) is 2.31. The standard InChI is InChI=1S/C9H18N2O/c1-11-4-7-2-3-8(5-11)9(7,12)6-10/h7-8,12H,2-6,10H2,1H3. The monoisotopic (exact) mass is 170 g/mol. The molecule has 3 nitrogen and oxygen atoms in total. The van der Waals surface area contributed by atoms with E-state index in [1.54, 1.807) is 0 Å². The number of rotatable bonds is 1. The van der Waals surface area contributed by atoms with E-state index in [1.807, 2.05) is 0 Å². The second-order valence-electron chi connectivity index (χ2n) is 4.39. The normalized spacial score (nSPS) is 48.2. The highest BCUT2D eigenvalue weighted by molar-refractivity contribution is 5.04. The summed E-state index contributed by atoms with van der Waals surface area (Å²) in [6.07, 6.45) is 2.31. The second kappa shape index (κ2) is 2.69. The van der Waals surface area contributed by atoms with Crippen LogP contribution in [0.5, 0.6) is 0 Å². The third-order valence-electron chi connectivity index (χ3n) is 3.67. The van der Waals surface area contributed by atoms with Crippen LogP contribution >= 0.6 is 0 Å². The summed E-state index contributed by atoms with van der Waals surface area (Å²) in [5.41, 5.74) is 5.10. The molecule has 1 heterocycles. The van der Waals surface area contributed by atoms with E-state index in [2.05, 4.69) is 11.9 Å². The predicted molar refractivity (Wildman–Crippen MR) is 47.7 cm³/mol. The van der Waals surface area contributed by atoms with E-state index in [1.165, 1.54) is 0 Å². The van der Waals surface area contributed by atoms with E-state index in [0.29, 0.717) is 18.4 Å². The zero-order valence-corrected chi connectivity index (χ0v) is 7.66. The Morgan fingerprint density at radius 3 is 2.33 bits per heavy atom. The van der Waals surface area contributed by atoms with Gasteiger partial charge in [0.05, 0.1) is 5.60 Å². The van der Waals surface area contributed by atoms with Crippen LogP contribution in [0.4, 0.5) is 0 Å². The van der Waals surface area contributed by atoms with Crippen molar-refractivity contribution in [1.29, 1.82) is 0 Å². The average Bonchev–Trinajstić information content (AvgIpc) is 2.24. The highest BCUT2D eigenvalue weighted by Crippen LogP contribution is 2.43. The molecule has 0 amide bonds. The van der Waals surface area contributed by atoms with E-state index >= 15 is 0 Å². The van der Waals surface area contributed by atoms with Crippen molar-refractivity contribution in [2.45, 2.75) is 18.4 Å². The maximum absolute atomic E-state index is 10.2. The van der Waals surface area contributed by atoms with Gasteiger partial charge in [0.15, 0.2) is 0 Å². The van der Waals surface area contributed by atoms with Crippen LogP contribution < -0.4 is 5.73 Å². The van der Waals surface area contributed by atoms with Gasteiger partial charge in [0, 0.05) is 31.5 Å². The van der Waals surface area contributed by atoms with Crippen molar-refractivity contribution in [3.63, 3.8) is 0 Å². The Morgan fingerprint density at radius 1 is 1.42 bits per heavy atom. The lowest BCUT2D eigenvalue weighted by Crippen LogP contribution is -2.56. The first-order valence-corrected chi connectivity index (χ1v) is 4.78. The maximum atomic E-state index is 10.2. The number of likely N-dealkylation sites (tertiary alicyclic amines) is 1. The predicted octanol–water partition coefficient (Wildman–Crippen LogP) is -0.352. The third kappa shape index (κ3) is 1.00. The molecule has 1 aliphatic heterocycles. The lowest BCUT2D eigenvalue weighted by Gasteiger charge is -2.42. The van der Waals surface area contributed by atoms with Gasteiger partial charge in [-0.25, -0.2) is 0 Å². The number of aliphatic hydroxyl groups is 1. The van der Waals surface area contributed by atoms with Gasteiger partial charge in [-0.3, -0.25) is 0 Å². The van der Waals surface area contributed by atoms with Crippen molar-refractivity contribution >= 4 is 0 Å². The van der Waals surface area contributed by atoms with Crippen molar-refractivity contribution < 1.29 is 5.11 Å². The Morgan fingerprint density at radius 2 is 1.92 bits per heavy atom. The molecule has 70 valence electrons. The van der Waals surface area contributed by atoms with Gasteiger partial charge in [-0.1, -0.05) is 0 Å². The Kier molecular flexibility index (Phi) is 1.90. The van der Waals surface area contributed by atoms with Crippen molar-refractivity contribution in [3.8, 4) is 0 Å². The molecular formula is C9H18N2O. The Bertz CT molecular complexity index is 169. The summed E-state index contributed by atoms with van der Waals surface area (Å²) >= 11 is 0. The largest absolute Gasteiger partial charge is 0.388 e. The fraction of sp³-hybridized carbons (Fsp3) is 1.00. The molecule has 0 radical (unpaired) electrons. The number of fused-ring (bicyclic) bond motifs is 2. The van der Waals surface area contributed by atoms with Crippen molar-refractivity contribution in [2.75, 3.05) is 26.7 Å². The van der Waals surface area contributed by atoms with Crippen LogP contribution in [0.25, 0.3) is 0 Å². The lowest BCUT2D eigenvalue weighted by molar-refractivity contribution is -0.0706. The van der Waals surface area contributed by atoms with Crippen LogP contribution in [-0.2, 0) is 0 Å². The van der Waals surface area contributed by atoms with Crippen LogP contribution in [0.1, 0.15) is 12.8 Å². The summed E-state index contributed by atoms with van der Waals surface area (Å²) in [6.45, 7) is 2.48. The average molecular weight is 170 g/mol. The minimum Gasteiger partial charge on any atom is -0.388 e. The van der Waals surface area contributed by atoms with Gasteiger partial charge < -0.3 is 15.7 Å². The van der Waals surface area contributed by atoms with Gasteiger partial charge in [-0.15, -0.1) is 0 Å². The fourth-order valence-corrected chi connectivity index (χ4v) is 2.89. The Labute approximate surface area is 73.5 Å². The number of nitrogens with zero attached hydrogens (tertiary/aromatic N) is 1. The van der Waals surface area contributed by atoms with Crippen LogP contribution in [0.2, 0.25) is 0 Å². The first-order valence-electron chi connectivity index (χ1n) is 4.78. The molecule has 3 heteroatoms. The molecule has 0 spiro atoms. The van der Waals surface area contributed by atoms with Crippen molar-refractivity contribution in [3.05, 3.63) is 0 Å². The molecule has 1 aliphatic carbocycles. The molecule has 2 fully saturated rings. The molecule has 12 heavy (non-hydrogen) atoms. The molecule has 2 bridgehead atoms. The summed E-state index contributed by atoms with van der Waals surface area (Å²) in [6, 6.07) is 0. The molecule has 2 aliphatic rings. The van der Waals surface area contributed by atoms with E-state index in [9.17, 15) is 5.11 Å². The molecule has 3 N–H and O–H groups in total. The van der Waals surface area contributed by atoms with Crippen LogP contribution in [0, 0.1) is 11.8 Å². The minimum atomic E-state index is -0.535. The zero-order chi connectivity index (χ0) is 8.77. The zero-order valence-electron chi connectivity index (χ0n) is 7.66. The molecule has 0 aromatic rings. The first kappa shape index (κ1) is 8.48. The Hall–Kier alpha value is -0.120. The SMILES string of the molecule is CN1CC2CCC(C1)C2(O)CN. The molecular weight excluding hydrogens is 152 g/mol. The number of piperidine rings is 1. The molecule has 0 aromatic carbocycles.